The lowest BCUT2D eigenvalue weighted by atomic mass is 9.28. The van der Waals surface area contributed by atoms with E-state index in [4.69, 9.17) is 4.74 Å². The van der Waals surface area contributed by atoms with Crippen LogP contribution >= 0.6 is 0 Å². The van der Waals surface area contributed by atoms with Gasteiger partial charge >= 0.3 is 0 Å². The number of hydrogen-bond acceptors (Lipinski definition) is 6. The van der Waals surface area contributed by atoms with Gasteiger partial charge in [0.25, 0.3) is 20.1 Å². The standard InChI is InChI=1S/C66H40B3N5O/c1-5-20-41(21-6-1)70-51-32-15-14-29-46(51)68-49-38-50-56(39-55(49)72(43-24-9-3-10-25-43)54-35-19-34-53(70)61(54)68)73(44-26-11-4-12-27-44)58-40-57-62-66-63(58)69(50)48-31-18-37-60-65(48)74(66)64-47(30-17-36-59(64)75-60)67(62)45-28-13-16-33-52(45)71(57)42-22-7-2-8-23-42/h1-40H. The third kappa shape index (κ3) is 5.07. The van der Waals surface area contributed by atoms with Gasteiger partial charge in [-0.3, -0.25) is 0 Å². The number of benzene rings is 11. The maximum atomic E-state index is 7.15. The molecule has 0 spiro atoms. The summed E-state index contributed by atoms with van der Waals surface area (Å²) < 4.78 is 7.15. The predicted octanol–water partition coefficient (Wildman–Crippen LogP) is 10.6. The van der Waals surface area contributed by atoms with Gasteiger partial charge in [0.05, 0.1) is 11.4 Å². The number of ether oxygens (including phenoxy) is 1. The molecule has 0 saturated carbocycles. The first-order valence-corrected chi connectivity index (χ1v) is 26.1. The van der Waals surface area contributed by atoms with Crippen LogP contribution in [0.25, 0.3) is 0 Å². The highest BCUT2D eigenvalue weighted by atomic mass is 16.5. The first-order valence-electron chi connectivity index (χ1n) is 26.1. The second-order valence-electron chi connectivity index (χ2n) is 20.7. The zero-order valence-corrected chi connectivity index (χ0v) is 40.5. The summed E-state index contributed by atoms with van der Waals surface area (Å²) in [5.41, 5.74) is 29.2. The molecule has 0 amide bonds. The first-order chi connectivity index (χ1) is 37.3. The Morgan fingerprint density at radius 1 is 0.227 bits per heavy atom. The summed E-state index contributed by atoms with van der Waals surface area (Å²) in [6.07, 6.45) is 0. The normalized spacial score (nSPS) is 14.6. The molecule has 9 heteroatoms. The van der Waals surface area contributed by atoms with E-state index in [9.17, 15) is 0 Å². The van der Waals surface area contributed by atoms with Gasteiger partial charge in [0.15, 0.2) is 11.5 Å². The predicted molar refractivity (Wildman–Crippen MR) is 314 cm³/mol. The highest BCUT2D eigenvalue weighted by Gasteiger charge is 2.55. The van der Waals surface area contributed by atoms with Gasteiger partial charge in [0.2, 0.25) is 0 Å². The van der Waals surface area contributed by atoms with Crippen molar-refractivity contribution in [1.29, 1.82) is 0 Å². The Morgan fingerprint density at radius 3 is 1.07 bits per heavy atom. The fourth-order valence-electron chi connectivity index (χ4n) is 14.4. The number of para-hydroxylation sites is 8. The van der Waals surface area contributed by atoms with Crippen LogP contribution < -0.4 is 78.4 Å². The van der Waals surface area contributed by atoms with Crippen LogP contribution in [0.5, 0.6) is 11.5 Å². The molecule has 0 fully saturated rings. The van der Waals surface area contributed by atoms with Crippen molar-refractivity contribution in [2.45, 2.75) is 0 Å². The highest BCUT2D eigenvalue weighted by molar-refractivity contribution is 7.06. The molecule has 7 aliphatic heterocycles. The molecule has 0 radical (unpaired) electrons. The van der Waals surface area contributed by atoms with E-state index in [-0.39, 0.29) is 20.1 Å². The minimum absolute atomic E-state index is 0.0329. The maximum absolute atomic E-state index is 7.15. The van der Waals surface area contributed by atoms with Crippen molar-refractivity contribution < 1.29 is 4.74 Å². The van der Waals surface area contributed by atoms with E-state index in [0.29, 0.717) is 0 Å². The molecule has 0 saturated heterocycles. The molecule has 0 atom stereocenters. The molecule has 0 unspecified atom stereocenters. The van der Waals surface area contributed by atoms with Gasteiger partial charge in [0.1, 0.15) is 0 Å². The summed E-state index contributed by atoms with van der Waals surface area (Å²) in [6.45, 7) is -0.218. The first kappa shape index (κ1) is 40.0. The van der Waals surface area contributed by atoms with Crippen molar-refractivity contribution in [3.05, 3.63) is 243 Å². The van der Waals surface area contributed by atoms with Gasteiger partial charge in [-0.15, -0.1) is 0 Å². The molecular formula is C66H40B3N5O. The molecule has 6 nitrogen and oxygen atoms in total. The van der Waals surface area contributed by atoms with E-state index in [2.05, 4.69) is 267 Å². The second-order valence-corrected chi connectivity index (χ2v) is 20.7. The summed E-state index contributed by atoms with van der Waals surface area (Å²) in [5, 5.41) is 0. The number of rotatable bonds is 4. The van der Waals surface area contributed by atoms with Crippen LogP contribution in [0, 0.1) is 0 Å². The van der Waals surface area contributed by atoms with E-state index >= 15 is 0 Å². The Morgan fingerprint density at radius 2 is 0.573 bits per heavy atom. The molecule has 0 aliphatic carbocycles. The molecule has 75 heavy (non-hydrogen) atoms. The SMILES string of the molecule is c1ccc(N2c3ccccc3B3c4cc5c(cc4N(c4ccccc4)c4cccc2c43)N(c2ccccc2)c2cc3c4c6c2B5c2cccc5c2N6c2c(cccc2B4c2ccccc2N3c2ccccc2)O5)cc1. The molecule has 344 valence electrons. The van der Waals surface area contributed by atoms with Gasteiger partial charge in [-0.05, 0) is 146 Å². The quantitative estimate of drug-likeness (QED) is 0.163. The number of nitrogens with zero attached hydrogens (tertiary/aromatic N) is 5. The van der Waals surface area contributed by atoms with E-state index in [1.807, 2.05) is 0 Å². The number of fused-ring (bicyclic) bond motifs is 10. The summed E-state index contributed by atoms with van der Waals surface area (Å²) in [5.74, 6) is 1.78. The Kier molecular flexibility index (Phi) is 7.75. The van der Waals surface area contributed by atoms with Gasteiger partial charge in [-0.1, -0.05) is 146 Å². The van der Waals surface area contributed by atoms with Crippen LogP contribution in [0.2, 0.25) is 0 Å². The van der Waals surface area contributed by atoms with E-state index in [1.54, 1.807) is 0 Å². The molecule has 0 aromatic heterocycles. The minimum atomic E-state index is -0.133. The van der Waals surface area contributed by atoms with Crippen molar-refractivity contribution in [3.63, 3.8) is 0 Å². The largest absolute Gasteiger partial charge is 0.453 e. The average molecular weight is 952 g/mol. The van der Waals surface area contributed by atoms with E-state index in [0.717, 1.165) is 45.6 Å². The second kappa shape index (κ2) is 14.6. The topological polar surface area (TPSA) is 25.4 Å². The zero-order valence-electron chi connectivity index (χ0n) is 40.5. The van der Waals surface area contributed by atoms with Crippen molar-refractivity contribution in [3.8, 4) is 11.5 Å². The van der Waals surface area contributed by atoms with Crippen molar-refractivity contribution >= 4 is 155 Å². The molecular weight excluding hydrogens is 911 g/mol. The zero-order chi connectivity index (χ0) is 48.6. The molecule has 7 heterocycles. The lowest BCUT2D eigenvalue weighted by Crippen LogP contribution is -2.69. The van der Waals surface area contributed by atoms with E-state index in [1.165, 1.54) is 100 Å². The molecule has 11 aromatic rings. The van der Waals surface area contributed by atoms with Gasteiger partial charge in [-0.25, -0.2) is 0 Å². The summed E-state index contributed by atoms with van der Waals surface area (Å²) >= 11 is 0. The lowest BCUT2D eigenvalue weighted by Gasteiger charge is -2.52. The van der Waals surface area contributed by atoms with E-state index < -0.39 is 0 Å². The average Bonchev–Trinajstić information content (AvgIpc) is 3.61. The Hall–Kier alpha value is -9.59. The Labute approximate surface area is 435 Å². The summed E-state index contributed by atoms with van der Waals surface area (Å²) in [6, 6.07) is 90.2. The van der Waals surface area contributed by atoms with Crippen LogP contribution in [-0.2, 0) is 0 Å². The number of hydrogen-bond donors (Lipinski definition) is 0. The van der Waals surface area contributed by atoms with Gasteiger partial charge in [-0.2, -0.15) is 0 Å². The van der Waals surface area contributed by atoms with Gasteiger partial charge < -0.3 is 29.2 Å². The monoisotopic (exact) mass is 951 g/mol. The molecule has 0 bridgehead atoms. The summed E-state index contributed by atoms with van der Waals surface area (Å²) in [7, 11) is 0. The smallest absolute Gasteiger partial charge is 0.252 e. The third-order valence-electron chi connectivity index (χ3n) is 17.1. The highest BCUT2D eigenvalue weighted by Crippen LogP contribution is 2.56. The molecule has 0 N–H and O–H groups in total. The Bertz CT molecular complexity index is 4290. The Balaban J connectivity index is 0.988. The molecule has 7 aliphatic rings. The van der Waals surface area contributed by atoms with Crippen LogP contribution in [0.4, 0.5) is 85.3 Å². The van der Waals surface area contributed by atoms with Crippen molar-refractivity contribution in [1.82, 2.24) is 0 Å². The maximum Gasteiger partial charge on any atom is 0.252 e. The van der Waals surface area contributed by atoms with Crippen molar-refractivity contribution in [2.24, 2.45) is 0 Å². The van der Waals surface area contributed by atoms with Crippen LogP contribution in [0.15, 0.2) is 243 Å². The van der Waals surface area contributed by atoms with Crippen LogP contribution in [0.3, 0.4) is 0 Å². The fraction of sp³-hybridized carbons (Fsp3) is 0. The fourth-order valence-corrected chi connectivity index (χ4v) is 14.4. The number of anilines is 15. The van der Waals surface area contributed by atoms with Crippen molar-refractivity contribution in [2.75, 3.05) is 24.5 Å². The lowest BCUT2D eigenvalue weighted by molar-refractivity contribution is 0.478. The van der Waals surface area contributed by atoms with Crippen LogP contribution in [-0.4, -0.2) is 20.1 Å². The molecule has 11 aromatic carbocycles. The molecule has 18 rings (SSSR count). The minimum Gasteiger partial charge on any atom is -0.453 e. The third-order valence-corrected chi connectivity index (χ3v) is 17.1. The van der Waals surface area contributed by atoms with Gasteiger partial charge in [0, 0.05) is 73.9 Å². The summed E-state index contributed by atoms with van der Waals surface area (Å²) in [4.78, 5) is 12.7. The van der Waals surface area contributed by atoms with Crippen LogP contribution in [0.1, 0.15) is 0 Å².